The number of thioether (sulfide) groups is 1. The zero-order chi connectivity index (χ0) is 17.6. The fourth-order valence-electron chi connectivity index (χ4n) is 2.26. The van der Waals surface area contributed by atoms with E-state index in [2.05, 4.69) is 15.5 Å². The Morgan fingerprint density at radius 2 is 1.88 bits per heavy atom. The highest BCUT2D eigenvalue weighted by atomic mass is 32.2. The Balaban J connectivity index is 1.50. The quantitative estimate of drug-likeness (QED) is 0.718. The summed E-state index contributed by atoms with van der Waals surface area (Å²) in [4.78, 5) is 16.4. The average Bonchev–Trinajstić information content (AvgIpc) is 3.06. The highest BCUT2D eigenvalue weighted by Crippen LogP contribution is 2.19. The fourth-order valence-corrected chi connectivity index (χ4v) is 2.92. The van der Waals surface area contributed by atoms with Crippen LogP contribution in [0.25, 0.3) is 11.4 Å². The third kappa shape index (κ3) is 4.70. The Hall–Kier alpha value is -2.60. The van der Waals surface area contributed by atoms with Crippen molar-refractivity contribution in [3.63, 3.8) is 0 Å². The molecule has 0 spiro atoms. The Bertz CT molecular complexity index is 859. The SMILES string of the molecule is Cc1ccc(-c2noc(CSCC(=O)Nc3ccccc3C)n2)cc1. The molecule has 25 heavy (non-hydrogen) atoms. The monoisotopic (exact) mass is 353 g/mol. The average molecular weight is 353 g/mol. The number of hydrogen-bond acceptors (Lipinski definition) is 5. The minimum absolute atomic E-state index is 0.0439. The summed E-state index contributed by atoms with van der Waals surface area (Å²) in [5, 5.41) is 6.90. The van der Waals surface area contributed by atoms with E-state index in [9.17, 15) is 4.79 Å². The second-order valence-electron chi connectivity index (χ2n) is 5.73. The first-order valence-electron chi connectivity index (χ1n) is 7.94. The normalized spacial score (nSPS) is 10.6. The van der Waals surface area contributed by atoms with Gasteiger partial charge in [-0.1, -0.05) is 53.2 Å². The molecule has 128 valence electrons. The molecular weight excluding hydrogens is 334 g/mol. The van der Waals surface area contributed by atoms with Gasteiger partial charge in [0.05, 0.1) is 11.5 Å². The molecule has 3 aromatic rings. The summed E-state index contributed by atoms with van der Waals surface area (Å²) >= 11 is 1.44. The van der Waals surface area contributed by atoms with Crippen molar-refractivity contribution < 1.29 is 9.32 Å². The number of anilines is 1. The van der Waals surface area contributed by atoms with Crippen LogP contribution in [0.3, 0.4) is 0 Å². The van der Waals surface area contributed by atoms with Crippen LogP contribution in [0.2, 0.25) is 0 Å². The van der Waals surface area contributed by atoms with Crippen LogP contribution in [0.4, 0.5) is 5.69 Å². The third-order valence-electron chi connectivity index (χ3n) is 3.66. The third-order valence-corrected chi connectivity index (χ3v) is 4.57. The Labute approximate surface area is 150 Å². The predicted octanol–water partition coefficient (Wildman–Crippen LogP) is 4.23. The molecule has 5 nitrogen and oxygen atoms in total. The number of nitrogens with one attached hydrogen (secondary N) is 1. The van der Waals surface area contributed by atoms with Gasteiger partial charge in [-0.2, -0.15) is 4.98 Å². The molecular formula is C19H19N3O2S. The second kappa shape index (κ2) is 7.98. The largest absolute Gasteiger partial charge is 0.338 e. The number of aryl methyl sites for hydroxylation is 2. The summed E-state index contributed by atoms with van der Waals surface area (Å²) in [5.41, 5.74) is 3.98. The van der Waals surface area contributed by atoms with Gasteiger partial charge in [0.2, 0.25) is 17.6 Å². The molecule has 0 saturated carbocycles. The van der Waals surface area contributed by atoms with Crippen molar-refractivity contribution in [2.75, 3.05) is 11.1 Å². The lowest BCUT2D eigenvalue weighted by atomic mass is 10.1. The molecule has 0 aliphatic heterocycles. The molecule has 6 heteroatoms. The standard InChI is InChI=1S/C19H19N3O2S/c1-13-7-9-15(10-8-13)19-21-18(24-22-19)12-25-11-17(23)20-16-6-4-3-5-14(16)2/h3-10H,11-12H2,1-2H3,(H,20,23). The maximum Gasteiger partial charge on any atom is 0.236 e. The molecule has 3 rings (SSSR count). The maximum atomic E-state index is 12.0. The van der Waals surface area contributed by atoms with Crippen LogP contribution in [0.1, 0.15) is 17.0 Å². The van der Waals surface area contributed by atoms with E-state index < -0.39 is 0 Å². The summed E-state index contributed by atoms with van der Waals surface area (Å²) in [6, 6.07) is 15.7. The topological polar surface area (TPSA) is 68.0 Å². The number of rotatable bonds is 6. The lowest BCUT2D eigenvalue weighted by Crippen LogP contribution is -2.14. The highest BCUT2D eigenvalue weighted by Gasteiger charge is 2.10. The van der Waals surface area contributed by atoms with Gasteiger partial charge in [-0.15, -0.1) is 11.8 Å². The van der Waals surface area contributed by atoms with Gasteiger partial charge in [0.25, 0.3) is 0 Å². The Morgan fingerprint density at radius 1 is 1.12 bits per heavy atom. The van der Waals surface area contributed by atoms with Crippen molar-refractivity contribution in [3.8, 4) is 11.4 Å². The number of benzene rings is 2. The van der Waals surface area contributed by atoms with Crippen LogP contribution in [-0.4, -0.2) is 21.8 Å². The molecule has 1 N–H and O–H groups in total. The van der Waals surface area contributed by atoms with Gasteiger partial charge in [0.15, 0.2) is 0 Å². The molecule has 0 atom stereocenters. The van der Waals surface area contributed by atoms with E-state index in [1.165, 1.54) is 17.3 Å². The second-order valence-corrected chi connectivity index (χ2v) is 6.72. The van der Waals surface area contributed by atoms with Crippen LogP contribution in [0, 0.1) is 13.8 Å². The minimum Gasteiger partial charge on any atom is -0.338 e. The smallest absolute Gasteiger partial charge is 0.236 e. The van der Waals surface area contributed by atoms with Gasteiger partial charge >= 0.3 is 0 Å². The lowest BCUT2D eigenvalue weighted by molar-refractivity contribution is -0.113. The Morgan fingerprint density at radius 3 is 2.64 bits per heavy atom. The molecule has 0 bridgehead atoms. The molecule has 0 unspecified atom stereocenters. The van der Waals surface area contributed by atoms with Crippen molar-refractivity contribution >= 4 is 23.4 Å². The fraction of sp³-hybridized carbons (Fsp3) is 0.211. The molecule has 1 aromatic heterocycles. The van der Waals surface area contributed by atoms with Crippen molar-refractivity contribution in [3.05, 3.63) is 65.5 Å². The molecule has 0 aliphatic rings. The predicted molar refractivity (Wildman–Crippen MR) is 100 cm³/mol. The first-order chi connectivity index (χ1) is 12.1. The summed E-state index contributed by atoms with van der Waals surface area (Å²) in [6.07, 6.45) is 0. The van der Waals surface area contributed by atoms with Crippen molar-refractivity contribution in [1.29, 1.82) is 0 Å². The number of hydrogen-bond donors (Lipinski definition) is 1. The zero-order valence-corrected chi connectivity index (χ0v) is 15.0. The number of nitrogens with zero attached hydrogens (tertiary/aromatic N) is 2. The van der Waals surface area contributed by atoms with Crippen LogP contribution in [0.15, 0.2) is 53.1 Å². The first kappa shape index (κ1) is 17.2. The summed E-state index contributed by atoms with van der Waals surface area (Å²) < 4.78 is 5.25. The van der Waals surface area contributed by atoms with Crippen molar-refractivity contribution in [2.45, 2.75) is 19.6 Å². The van der Waals surface area contributed by atoms with Gasteiger partial charge in [-0.3, -0.25) is 4.79 Å². The molecule has 2 aromatic carbocycles. The number of aromatic nitrogens is 2. The van der Waals surface area contributed by atoms with Crippen molar-refractivity contribution in [2.24, 2.45) is 0 Å². The molecule has 0 fully saturated rings. The molecule has 1 heterocycles. The Kier molecular flexibility index (Phi) is 5.50. The van der Waals surface area contributed by atoms with Crippen molar-refractivity contribution in [1.82, 2.24) is 10.1 Å². The van der Waals surface area contributed by atoms with Gasteiger partial charge < -0.3 is 9.84 Å². The molecule has 1 amide bonds. The van der Waals surface area contributed by atoms with Gasteiger partial charge in [0, 0.05) is 11.3 Å². The number of para-hydroxylation sites is 1. The highest BCUT2D eigenvalue weighted by molar-refractivity contribution is 7.99. The van der Waals surface area contributed by atoms with Gasteiger partial charge in [-0.25, -0.2) is 0 Å². The number of amides is 1. The summed E-state index contributed by atoms with van der Waals surface area (Å²) in [7, 11) is 0. The van der Waals surface area contributed by atoms with Gasteiger partial charge in [-0.05, 0) is 25.5 Å². The van der Waals surface area contributed by atoms with Crippen LogP contribution >= 0.6 is 11.8 Å². The molecule has 0 saturated heterocycles. The van der Waals surface area contributed by atoms with E-state index in [1.807, 2.05) is 62.4 Å². The van der Waals surface area contributed by atoms with Gasteiger partial charge in [0.1, 0.15) is 0 Å². The first-order valence-corrected chi connectivity index (χ1v) is 9.10. The lowest BCUT2D eigenvalue weighted by Gasteiger charge is -2.07. The van der Waals surface area contributed by atoms with E-state index in [4.69, 9.17) is 4.52 Å². The maximum absolute atomic E-state index is 12.0. The van der Waals surface area contributed by atoms with E-state index in [0.717, 1.165) is 16.8 Å². The van der Waals surface area contributed by atoms with E-state index in [0.29, 0.717) is 23.2 Å². The van der Waals surface area contributed by atoms with Crippen LogP contribution in [0.5, 0.6) is 0 Å². The zero-order valence-electron chi connectivity index (χ0n) is 14.2. The van der Waals surface area contributed by atoms with Crippen LogP contribution < -0.4 is 5.32 Å². The number of carbonyl (C=O) groups is 1. The summed E-state index contributed by atoms with van der Waals surface area (Å²) in [5.74, 6) is 1.87. The van der Waals surface area contributed by atoms with E-state index in [-0.39, 0.29) is 5.91 Å². The molecule has 0 aliphatic carbocycles. The minimum atomic E-state index is -0.0439. The van der Waals surface area contributed by atoms with E-state index in [1.54, 1.807) is 0 Å². The number of carbonyl (C=O) groups excluding carboxylic acids is 1. The van der Waals surface area contributed by atoms with E-state index >= 15 is 0 Å². The molecule has 0 radical (unpaired) electrons. The summed E-state index contributed by atoms with van der Waals surface area (Å²) in [6.45, 7) is 4.00. The van der Waals surface area contributed by atoms with Crippen LogP contribution in [-0.2, 0) is 10.5 Å².